The number of nitrogens with zero attached hydrogens (tertiary/aromatic N) is 2. The van der Waals surface area contributed by atoms with Crippen LogP contribution in [0, 0.1) is 0 Å². The molecule has 1 heterocycles. The van der Waals surface area contributed by atoms with Gasteiger partial charge in [0.1, 0.15) is 5.75 Å². The van der Waals surface area contributed by atoms with Gasteiger partial charge in [0.15, 0.2) is 0 Å². The van der Waals surface area contributed by atoms with Gasteiger partial charge in [-0.05, 0) is 62.5 Å². The Hall–Kier alpha value is -2.08. The summed E-state index contributed by atoms with van der Waals surface area (Å²) >= 11 is 0. The number of hydrogen-bond acceptors (Lipinski definition) is 4. The topological polar surface area (TPSA) is 81.1 Å². The lowest BCUT2D eigenvalue weighted by molar-refractivity contribution is -0.142. The maximum absolute atomic E-state index is 12.4. The number of piperidine rings is 1. The summed E-state index contributed by atoms with van der Waals surface area (Å²) in [6.45, 7) is 3.06. The summed E-state index contributed by atoms with van der Waals surface area (Å²) in [6.07, 6.45) is 3.50. The van der Waals surface area contributed by atoms with Crippen LogP contribution in [-0.2, 0) is 22.4 Å². The highest BCUT2D eigenvalue weighted by Crippen LogP contribution is 2.27. The molecular weight excluding hydrogens is 332 g/mol. The zero-order valence-electron chi connectivity index (χ0n) is 15.9. The number of carbonyl (C=O) groups excluding carboxylic acids is 1. The molecule has 144 valence electrons. The van der Waals surface area contributed by atoms with Crippen molar-refractivity contribution in [1.29, 1.82) is 0 Å². The molecule has 0 aliphatic carbocycles. The Bertz CT molecular complexity index is 647. The van der Waals surface area contributed by atoms with Crippen molar-refractivity contribution >= 4 is 11.9 Å². The van der Waals surface area contributed by atoms with E-state index in [2.05, 4.69) is 18.9 Å². The molecule has 1 unspecified atom stereocenters. The molecule has 2 N–H and O–H groups in total. The van der Waals surface area contributed by atoms with Gasteiger partial charge in [-0.1, -0.05) is 13.0 Å². The number of phenols is 1. The third-order valence-electron chi connectivity index (χ3n) is 5.46. The van der Waals surface area contributed by atoms with Crippen molar-refractivity contribution in [2.24, 2.45) is 0 Å². The van der Waals surface area contributed by atoms with E-state index in [-0.39, 0.29) is 36.6 Å². The molecule has 2 atom stereocenters. The van der Waals surface area contributed by atoms with Gasteiger partial charge in [-0.25, -0.2) is 0 Å². The minimum absolute atomic E-state index is 0.0399. The molecule has 6 nitrogen and oxygen atoms in total. The van der Waals surface area contributed by atoms with Crippen molar-refractivity contribution in [3.8, 4) is 5.75 Å². The molecule has 26 heavy (non-hydrogen) atoms. The molecule has 1 aliphatic rings. The van der Waals surface area contributed by atoms with Crippen molar-refractivity contribution in [1.82, 2.24) is 9.80 Å². The monoisotopic (exact) mass is 362 g/mol. The maximum atomic E-state index is 12.4. The molecule has 1 aromatic carbocycles. The average molecular weight is 362 g/mol. The largest absolute Gasteiger partial charge is 0.508 e. The van der Waals surface area contributed by atoms with Crippen molar-refractivity contribution in [3.05, 3.63) is 29.3 Å². The number of amides is 1. The molecule has 1 amide bonds. The Morgan fingerprint density at radius 3 is 2.65 bits per heavy atom. The molecule has 0 radical (unpaired) electrons. The van der Waals surface area contributed by atoms with Crippen LogP contribution in [0.25, 0.3) is 0 Å². The fourth-order valence-electron chi connectivity index (χ4n) is 3.89. The third-order valence-corrected chi connectivity index (χ3v) is 5.46. The number of rotatable bonds is 7. The average Bonchev–Trinajstić information content (AvgIpc) is 2.61. The predicted molar refractivity (Wildman–Crippen MR) is 100 cm³/mol. The normalized spacial score (nSPS) is 20.7. The van der Waals surface area contributed by atoms with Gasteiger partial charge in [-0.3, -0.25) is 9.59 Å². The summed E-state index contributed by atoms with van der Waals surface area (Å²) in [7, 11) is 3.87. The van der Waals surface area contributed by atoms with Gasteiger partial charge in [-0.15, -0.1) is 0 Å². The predicted octanol–water partition coefficient (Wildman–Crippen LogP) is 2.28. The molecule has 0 spiro atoms. The van der Waals surface area contributed by atoms with E-state index >= 15 is 0 Å². The van der Waals surface area contributed by atoms with Crippen molar-refractivity contribution in [2.75, 3.05) is 20.6 Å². The Morgan fingerprint density at radius 2 is 2.00 bits per heavy atom. The van der Waals surface area contributed by atoms with Crippen LogP contribution in [0.4, 0.5) is 0 Å². The molecule has 0 bridgehead atoms. The first kappa shape index (κ1) is 20.2. The van der Waals surface area contributed by atoms with Gasteiger partial charge in [-0.2, -0.15) is 0 Å². The number of aliphatic carboxylic acids is 1. The van der Waals surface area contributed by atoms with E-state index in [0.717, 1.165) is 37.8 Å². The Labute approximate surface area is 155 Å². The van der Waals surface area contributed by atoms with Crippen molar-refractivity contribution < 1.29 is 19.8 Å². The van der Waals surface area contributed by atoms with Gasteiger partial charge >= 0.3 is 5.97 Å². The quantitative estimate of drug-likeness (QED) is 0.778. The van der Waals surface area contributed by atoms with Gasteiger partial charge in [0.05, 0.1) is 6.42 Å². The lowest BCUT2D eigenvalue weighted by atomic mass is 9.88. The molecule has 2 rings (SSSR count). The second kappa shape index (κ2) is 9.03. The number of carbonyl (C=O) groups is 2. The first-order chi connectivity index (χ1) is 12.3. The molecule has 1 aliphatic heterocycles. The Morgan fingerprint density at radius 1 is 1.27 bits per heavy atom. The van der Waals surface area contributed by atoms with Crippen molar-refractivity contribution in [3.63, 3.8) is 0 Å². The maximum Gasteiger partial charge on any atom is 0.303 e. The van der Waals surface area contributed by atoms with Crippen LogP contribution in [0.5, 0.6) is 5.75 Å². The van der Waals surface area contributed by atoms with Gasteiger partial charge in [0, 0.05) is 25.6 Å². The smallest absolute Gasteiger partial charge is 0.303 e. The number of carboxylic acids is 1. The number of phenolic OH excluding ortho intramolecular Hbond substituents is 1. The molecule has 0 aromatic heterocycles. The minimum Gasteiger partial charge on any atom is -0.508 e. The van der Waals surface area contributed by atoms with Crippen LogP contribution in [0.2, 0.25) is 0 Å². The highest BCUT2D eigenvalue weighted by atomic mass is 16.4. The summed E-state index contributed by atoms with van der Waals surface area (Å²) in [4.78, 5) is 27.2. The number of hydrogen-bond donors (Lipinski definition) is 2. The lowest BCUT2D eigenvalue weighted by Crippen LogP contribution is -2.55. The summed E-state index contributed by atoms with van der Waals surface area (Å²) in [5.74, 6) is -0.778. The highest BCUT2D eigenvalue weighted by Gasteiger charge is 2.34. The van der Waals surface area contributed by atoms with E-state index in [1.165, 1.54) is 5.56 Å². The van der Waals surface area contributed by atoms with Gasteiger partial charge < -0.3 is 20.0 Å². The van der Waals surface area contributed by atoms with E-state index in [0.29, 0.717) is 0 Å². The summed E-state index contributed by atoms with van der Waals surface area (Å²) in [5, 5.41) is 18.6. The fraction of sp³-hybridized carbons (Fsp3) is 0.600. The standard InChI is InChI=1S/C20H30N2O4/c1-4-14-12-16(23)8-7-15(14)13-18-17(6-5-11-21(18)2)22(3)19(24)9-10-20(25)26/h7-8,12,17-18,23H,4-6,9-11,13H2,1-3H3,(H,25,26)/t17-,18?/m1/s1. The molecule has 1 aromatic rings. The van der Waals surface area contributed by atoms with E-state index in [1.54, 1.807) is 18.0 Å². The third kappa shape index (κ3) is 4.97. The zero-order chi connectivity index (χ0) is 19.3. The summed E-state index contributed by atoms with van der Waals surface area (Å²) in [5.41, 5.74) is 2.32. The molecular formula is C20H30N2O4. The minimum atomic E-state index is -0.944. The number of likely N-dealkylation sites (tertiary alicyclic amines) is 1. The van der Waals surface area contributed by atoms with E-state index < -0.39 is 5.97 Å². The molecule has 6 heteroatoms. The fourth-order valence-corrected chi connectivity index (χ4v) is 3.89. The Kier molecular flexibility index (Phi) is 7.03. The number of aryl methyl sites for hydroxylation is 1. The van der Waals surface area contributed by atoms with Crippen molar-refractivity contribution in [2.45, 2.75) is 57.5 Å². The summed E-state index contributed by atoms with van der Waals surface area (Å²) < 4.78 is 0. The van der Waals surface area contributed by atoms with E-state index in [4.69, 9.17) is 5.11 Å². The van der Waals surface area contributed by atoms with E-state index in [1.807, 2.05) is 12.1 Å². The van der Waals surface area contributed by atoms with Crippen LogP contribution in [0.15, 0.2) is 18.2 Å². The van der Waals surface area contributed by atoms with E-state index in [9.17, 15) is 14.7 Å². The summed E-state index contributed by atoms with van der Waals surface area (Å²) in [6, 6.07) is 5.74. The van der Waals surface area contributed by atoms with Gasteiger partial charge in [0.25, 0.3) is 0 Å². The first-order valence-electron chi connectivity index (χ1n) is 9.32. The lowest BCUT2D eigenvalue weighted by Gasteiger charge is -2.44. The molecule has 1 fully saturated rings. The number of likely N-dealkylation sites (N-methyl/N-ethyl adjacent to an activating group) is 2. The highest BCUT2D eigenvalue weighted by molar-refractivity contribution is 5.80. The first-order valence-corrected chi connectivity index (χ1v) is 9.32. The van der Waals surface area contributed by atoms with Crippen LogP contribution >= 0.6 is 0 Å². The Balaban J connectivity index is 2.17. The zero-order valence-corrected chi connectivity index (χ0v) is 15.9. The second-order valence-corrected chi connectivity index (χ2v) is 7.17. The SMILES string of the molecule is CCc1cc(O)ccc1CC1[C@H](N(C)C(=O)CCC(=O)O)CCCN1C. The number of aromatic hydroxyl groups is 1. The molecule has 1 saturated heterocycles. The van der Waals surface area contributed by atoms with Crippen LogP contribution in [0.3, 0.4) is 0 Å². The van der Waals surface area contributed by atoms with Crippen LogP contribution < -0.4 is 0 Å². The number of carboxylic acid groups (broad SMARTS) is 1. The second-order valence-electron chi connectivity index (χ2n) is 7.17. The van der Waals surface area contributed by atoms with Crippen LogP contribution in [-0.4, -0.2) is 64.6 Å². The van der Waals surface area contributed by atoms with Gasteiger partial charge in [0.2, 0.25) is 5.91 Å². The molecule has 0 saturated carbocycles. The number of benzene rings is 1. The van der Waals surface area contributed by atoms with Crippen LogP contribution in [0.1, 0.15) is 43.7 Å².